The Hall–Kier alpha value is -4.96. The lowest BCUT2D eigenvalue weighted by molar-refractivity contribution is 0.0961. The normalized spacial score (nSPS) is 17.8. The van der Waals surface area contributed by atoms with Gasteiger partial charge in [-0.05, 0) is 57.3 Å². The summed E-state index contributed by atoms with van der Waals surface area (Å²) in [6.07, 6.45) is 36.1. The second-order valence-corrected chi connectivity index (χ2v) is 17.1. The van der Waals surface area contributed by atoms with E-state index in [4.69, 9.17) is 9.47 Å². The zero-order valence-electron chi connectivity index (χ0n) is 34.6. The Bertz CT molecular complexity index is 2470. The number of carbonyl (C=O) groups excluding carboxylic acids is 2. The van der Waals surface area contributed by atoms with Crippen LogP contribution in [0.1, 0.15) is 137 Å². The molecule has 0 spiro atoms. The molecular weight excluding hydrogens is 713 g/mol. The number of carbonyl (C=O) groups is 2. The largest absolute Gasteiger partial charge is 0.493 e. The first-order chi connectivity index (χ1) is 28.6. The number of unbranched alkanes of at least 4 members (excludes halogenated alkanes) is 14. The van der Waals surface area contributed by atoms with Gasteiger partial charge in [-0.2, -0.15) is 0 Å². The minimum atomic E-state index is -0.307. The summed E-state index contributed by atoms with van der Waals surface area (Å²) in [5.41, 5.74) is 3.60. The molecule has 2 unspecified atom stereocenters. The molecule has 4 aliphatic carbocycles. The Labute approximate surface area is 343 Å². The Kier molecular flexibility index (Phi) is 11.4. The number of hydrogen-bond acceptors (Lipinski definition) is 4. The van der Waals surface area contributed by atoms with Crippen LogP contribution in [0.3, 0.4) is 0 Å². The molecular formula is C54H58O4. The summed E-state index contributed by atoms with van der Waals surface area (Å²) in [6.45, 7) is 5.77. The smallest absolute Gasteiger partial charge is 0.174 e. The number of fused-ring (bicyclic) bond motifs is 4. The lowest BCUT2D eigenvalue weighted by Gasteiger charge is -2.28. The van der Waals surface area contributed by atoms with Crippen LogP contribution in [0.4, 0.5) is 0 Å². The van der Waals surface area contributed by atoms with Gasteiger partial charge in [0, 0.05) is 43.4 Å². The fourth-order valence-corrected chi connectivity index (χ4v) is 10.3. The molecule has 4 aliphatic rings. The number of allylic oxidation sites excluding steroid dienone is 8. The Morgan fingerprint density at radius 2 is 0.845 bits per heavy atom. The van der Waals surface area contributed by atoms with Crippen molar-refractivity contribution in [3.63, 3.8) is 0 Å². The third-order valence-electron chi connectivity index (χ3n) is 13.3. The molecule has 0 saturated heterocycles. The molecule has 0 fully saturated rings. The van der Waals surface area contributed by atoms with E-state index in [0.717, 1.165) is 113 Å². The number of benzene rings is 5. The molecule has 0 radical (unpaired) electrons. The van der Waals surface area contributed by atoms with E-state index in [-0.39, 0.29) is 23.4 Å². The van der Waals surface area contributed by atoms with Crippen LogP contribution < -0.4 is 19.9 Å². The van der Waals surface area contributed by atoms with Gasteiger partial charge in [-0.1, -0.05) is 177 Å². The molecule has 0 bridgehead atoms. The van der Waals surface area contributed by atoms with Crippen LogP contribution in [0.25, 0.3) is 54.2 Å². The highest BCUT2D eigenvalue weighted by Gasteiger charge is 2.35. The topological polar surface area (TPSA) is 52.6 Å². The highest BCUT2D eigenvalue weighted by Crippen LogP contribution is 2.49. The van der Waals surface area contributed by atoms with Crippen molar-refractivity contribution in [2.24, 2.45) is 11.8 Å². The molecule has 9 rings (SSSR count). The van der Waals surface area contributed by atoms with Crippen LogP contribution in [-0.4, -0.2) is 24.8 Å². The van der Waals surface area contributed by atoms with Crippen LogP contribution in [0.5, 0.6) is 11.5 Å². The minimum absolute atomic E-state index is 0.139. The fourth-order valence-electron chi connectivity index (χ4n) is 10.3. The maximum absolute atomic E-state index is 14.3. The van der Waals surface area contributed by atoms with Crippen molar-refractivity contribution in [2.45, 2.75) is 117 Å². The number of Topliss-reactive ketones (excluding diaryl/α,β-unsaturated/α-hetero) is 2. The Morgan fingerprint density at radius 1 is 0.448 bits per heavy atom. The molecule has 4 nitrogen and oxygen atoms in total. The number of ketones is 2. The maximum atomic E-state index is 14.3. The maximum Gasteiger partial charge on any atom is 0.174 e. The summed E-state index contributed by atoms with van der Waals surface area (Å²) in [7, 11) is 0. The zero-order chi connectivity index (χ0) is 39.6. The minimum Gasteiger partial charge on any atom is -0.493 e. The highest BCUT2D eigenvalue weighted by atomic mass is 16.5. The summed E-state index contributed by atoms with van der Waals surface area (Å²) in [5.74, 6) is 1.34. The lowest BCUT2D eigenvalue weighted by atomic mass is 9.75. The van der Waals surface area contributed by atoms with E-state index in [1.807, 2.05) is 48.6 Å². The Morgan fingerprint density at radius 3 is 1.26 bits per heavy atom. The predicted octanol–water partition coefficient (Wildman–Crippen LogP) is 13.0. The van der Waals surface area contributed by atoms with Gasteiger partial charge in [-0.25, -0.2) is 0 Å². The second-order valence-electron chi connectivity index (χ2n) is 17.1. The van der Waals surface area contributed by atoms with Crippen LogP contribution in [-0.2, 0) is 0 Å². The monoisotopic (exact) mass is 770 g/mol. The standard InChI is InChI=1S/C54H58O4/c1-3-5-7-9-11-13-15-21-31-57-45-33-43-35-23-17-19-25-39(35)53(55)41-29-27-37-38-28-30-42-48-44(36-24-18-20-26-40(36)54(42)56)34-46(52(50(38)48)51(45)49(37)47(41)43)58-32-22-16-14-12-10-8-6-4-2/h17-20,23-30,33-34,39-40H,3-16,21-22,31-32H2,1-2H3. The molecule has 0 heterocycles. The van der Waals surface area contributed by atoms with E-state index in [0.29, 0.717) is 13.2 Å². The predicted molar refractivity (Wildman–Crippen MR) is 242 cm³/mol. The highest BCUT2D eigenvalue weighted by molar-refractivity contribution is 6.39. The van der Waals surface area contributed by atoms with Gasteiger partial charge in [0.1, 0.15) is 11.5 Å². The van der Waals surface area contributed by atoms with Gasteiger partial charge in [-0.3, -0.25) is 9.59 Å². The SMILES string of the molecule is CCCCCCCCCCOc1cc2c3c(ccc4c5ccc6c7c(cc(OCCCCCCCCCC)c(c1c34)c75)=C1C=CC=CC1C6=O)C(=O)C1C=CC=CC=21. The van der Waals surface area contributed by atoms with Crippen molar-refractivity contribution in [3.8, 4) is 11.5 Å². The zero-order valence-corrected chi connectivity index (χ0v) is 34.6. The van der Waals surface area contributed by atoms with Crippen LogP contribution in [0.15, 0.2) is 85.0 Å². The summed E-state index contributed by atoms with van der Waals surface area (Å²) in [5, 5.41) is 10.4. The molecule has 4 heteroatoms. The van der Waals surface area contributed by atoms with Gasteiger partial charge < -0.3 is 9.47 Å². The van der Waals surface area contributed by atoms with Crippen molar-refractivity contribution in [2.75, 3.05) is 13.2 Å². The summed E-state index contributed by atoms with van der Waals surface area (Å²) >= 11 is 0. The van der Waals surface area contributed by atoms with E-state index < -0.39 is 0 Å². The summed E-state index contributed by atoms with van der Waals surface area (Å²) in [6, 6.07) is 12.8. The molecule has 0 saturated carbocycles. The van der Waals surface area contributed by atoms with Crippen molar-refractivity contribution in [3.05, 3.63) is 107 Å². The molecule has 0 aromatic heterocycles. The molecule has 298 valence electrons. The van der Waals surface area contributed by atoms with E-state index in [2.05, 4.69) is 50.3 Å². The first-order valence-electron chi connectivity index (χ1n) is 22.7. The molecule has 0 N–H and O–H groups in total. The fraction of sp³-hybridized carbons (Fsp3) is 0.407. The van der Waals surface area contributed by atoms with Gasteiger partial charge >= 0.3 is 0 Å². The lowest BCUT2D eigenvalue weighted by Crippen LogP contribution is -2.28. The van der Waals surface area contributed by atoms with Gasteiger partial charge in [-0.15, -0.1) is 0 Å². The summed E-state index contributed by atoms with van der Waals surface area (Å²) < 4.78 is 14.0. The average molecular weight is 771 g/mol. The van der Waals surface area contributed by atoms with Crippen molar-refractivity contribution < 1.29 is 19.1 Å². The quantitative estimate of drug-likeness (QED) is 0.0449. The van der Waals surface area contributed by atoms with Gasteiger partial charge in [0.15, 0.2) is 11.6 Å². The molecule has 0 amide bonds. The molecule has 5 aromatic rings. The summed E-state index contributed by atoms with van der Waals surface area (Å²) in [4.78, 5) is 28.6. The van der Waals surface area contributed by atoms with Crippen molar-refractivity contribution >= 4 is 65.8 Å². The van der Waals surface area contributed by atoms with E-state index in [9.17, 15) is 9.59 Å². The first kappa shape index (κ1) is 38.6. The van der Waals surface area contributed by atoms with Crippen LogP contribution >= 0.6 is 0 Å². The van der Waals surface area contributed by atoms with E-state index in [1.54, 1.807) is 0 Å². The Balaban J connectivity index is 1.23. The van der Waals surface area contributed by atoms with Gasteiger partial charge in [0.2, 0.25) is 0 Å². The van der Waals surface area contributed by atoms with Crippen LogP contribution in [0.2, 0.25) is 0 Å². The molecule has 5 aromatic carbocycles. The van der Waals surface area contributed by atoms with E-state index in [1.165, 1.54) is 77.0 Å². The molecule has 58 heavy (non-hydrogen) atoms. The van der Waals surface area contributed by atoms with Gasteiger partial charge in [0.05, 0.1) is 25.0 Å². The number of hydrogen-bond donors (Lipinski definition) is 0. The second kappa shape index (κ2) is 17.1. The van der Waals surface area contributed by atoms with Crippen molar-refractivity contribution in [1.29, 1.82) is 0 Å². The number of ether oxygens (including phenoxy) is 2. The van der Waals surface area contributed by atoms with E-state index >= 15 is 0 Å². The third-order valence-corrected chi connectivity index (χ3v) is 13.3. The third kappa shape index (κ3) is 6.81. The average Bonchev–Trinajstić information content (AvgIpc) is 3.26. The molecule has 2 atom stereocenters. The van der Waals surface area contributed by atoms with Gasteiger partial charge in [0.25, 0.3) is 0 Å². The molecule has 0 aliphatic heterocycles. The number of rotatable bonds is 20. The first-order valence-corrected chi connectivity index (χ1v) is 22.7. The van der Waals surface area contributed by atoms with Crippen LogP contribution in [0, 0.1) is 11.8 Å². The van der Waals surface area contributed by atoms with Crippen molar-refractivity contribution in [1.82, 2.24) is 0 Å².